The molecule has 0 aliphatic rings. The summed E-state index contributed by atoms with van der Waals surface area (Å²) < 4.78 is 34.3. The lowest BCUT2D eigenvalue weighted by molar-refractivity contribution is 0.563. The molecule has 6 heteroatoms. The lowest BCUT2D eigenvalue weighted by Crippen LogP contribution is -2.03. The first-order valence-corrected chi connectivity index (χ1v) is 4.92. The van der Waals surface area contributed by atoms with Crippen LogP contribution in [0.5, 0.6) is 0 Å². The third-order valence-electron chi connectivity index (χ3n) is 1.23. The van der Waals surface area contributed by atoms with Gasteiger partial charge >= 0.3 is 0 Å². The van der Waals surface area contributed by atoms with Crippen molar-refractivity contribution < 1.29 is 12.8 Å². The zero-order valence-corrected chi connectivity index (χ0v) is 7.10. The number of nitrogens with zero attached hydrogens (tertiary/aromatic N) is 1. The van der Waals surface area contributed by atoms with Crippen LogP contribution in [0.2, 0.25) is 0 Å². The van der Waals surface area contributed by atoms with E-state index in [9.17, 15) is 12.8 Å². The third kappa shape index (κ3) is 1.70. The Kier molecular flexibility index (Phi) is 2.01. The first-order chi connectivity index (χ1) is 5.41. The Morgan fingerprint density at radius 1 is 1.50 bits per heavy atom. The summed E-state index contributed by atoms with van der Waals surface area (Å²) in [5.41, 5.74) is 4.94. The fourth-order valence-electron chi connectivity index (χ4n) is 0.635. The SMILES string of the molecule is CS(=O)(=O)c1ccc(N)c(F)n1. The largest absolute Gasteiger partial charge is 0.395 e. The van der Waals surface area contributed by atoms with Crippen molar-refractivity contribution in [2.45, 2.75) is 5.03 Å². The van der Waals surface area contributed by atoms with E-state index in [-0.39, 0.29) is 10.7 Å². The summed E-state index contributed by atoms with van der Waals surface area (Å²) in [6.07, 6.45) is 0.949. The van der Waals surface area contributed by atoms with Crippen molar-refractivity contribution in [1.29, 1.82) is 0 Å². The van der Waals surface area contributed by atoms with Crippen LogP contribution in [0, 0.1) is 5.95 Å². The first kappa shape index (κ1) is 8.92. The van der Waals surface area contributed by atoms with Gasteiger partial charge in [0.05, 0.1) is 5.69 Å². The summed E-state index contributed by atoms with van der Waals surface area (Å²) in [4.78, 5) is 3.16. The van der Waals surface area contributed by atoms with E-state index in [1.54, 1.807) is 0 Å². The normalized spacial score (nSPS) is 11.5. The Bertz CT molecular complexity index is 402. The van der Waals surface area contributed by atoms with Gasteiger partial charge in [0.1, 0.15) is 0 Å². The molecule has 0 amide bonds. The van der Waals surface area contributed by atoms with Gasteiger partial charge in [-0.25, -0.2) is 13.4 Å². The van der Waals surface area contributed by atoms with Crippen LogP contribution in [0.4, 0.5) is 10.1 Å². The van der Waals surface area contributed by atoms with E-state index in [1.165, 1.54) is 6.07 Å². The number of nitrogen functional groups attached to an aromatic ring is 1. The fraction of sp³-hybridized carbons (Fsp3) is 0.167. The van der Waals surface area contributed by atoms with Crippen molar-refractivity contribution in [3.05, 3.63) is 18.1 Å². The lowest BCUT2D eigenvalue weighted by atomic mass is 10.4. The molecule has 1 aromatic rings. The van der Waals surface area contributed by atoms with Crippen molar-refractivity contribution in [2.24, 2.45) is 0 Å². The molecule has 66 valence electrons. The highest BCUT2D eigenvalue weighted by atomic mass is 32.2. The minimum Gasteiger partial charge on any atom is -0.395 e. The quantitative estimate of drug-likeness (QED) is 0.642. The van der Waals surface area contributed by atoms with Crippen molar-refractivity contribution >= 4 is 15.5 Å². The van der Waals surface area contributed by atoms with E-state index in [2.05, 4.69) is 4.98 Å². The average molecular weight is 190 g/mol. The summed E-state index contributed by atoms with van der Waals surface area (Å²) in [6, 6.07) is 2.33. The summed E-state index contributed by atoms with van der Waals surface area (Å²) in [7, 11) is -3.45. The van der Waals surface area contributed by atoms with Crippen LogP contribution in [0.3, 0.4) is 0 Å². The molecule has 1 heterocycles. The van der Waals surface area contributed by atoms with E-state index >= 15 is 0 Å². The molecule has 1 aromatic heterocycles. The van der Waals surface area contributed by atoms with Gasteiger partial charge in [-0.15, -0.1) is 0 Å². The van der Waals surface area contributed by atoms with Gasteiger partial charge < -0.3 is 5.73 Å². The smallest absolute Gasteiger partial charge is 0.237 e. The van der Waals surface area contributed by atoms with E-state index in [0.29, 0.717) is 0 Å². The molecule has 0 spiro atoms. The molecule has 1 rings (SSSR count). The van der Waals surface area contributed by atoms with Crippen LogP contribution >= 0.6 is 0 Å². The van der Waals surface area contributed by atoms with Crippen LogP contribution in [0.15, 0.2) is 17.2 Å². The molecule has 0 aromatic carbocycles. The molecule has 0 unspecified atom stereocenters. The molecule has 12 heavy (non-hydrogen) atoms. The van der Waals surface area contributed by atoms with Crippen LogP contribution in [-0.4, -0.2) is 19.7 Å². The third-order valence-corrected chi connectivity index (χ3v) is 2.22. The predicted octanol–water partition coefficient (Wildman–Crippen LogP) is 0.206. The molecule has 0 saturated carbocycles. The van der Waals surface area contributed by atoms with Gasteiger partial charge in [-0.3, -0.25) is 0 Å². The maximum absolute atomic E-state index is 12.6. The number of anilines is 1. The monoisotopic (exact) mass is 190 g/mol. The topological polar surface area (TPSA) is 73.0 Å². The van der Waals surface area contributed by atoms with Crippen molar-refractivity contribution in [3.63, 3.8) is 0 Å². The number of sulfone groups is 1. The van der Waals surface area contributed by atoms with Gasteiger partial charge in [-0.05, 0) is 12.1 Å². The number of nitrogens with two attached hydrogens (primary N) is 1. The van der Waals surface area contributed by atoms with E-state index in [1.807, 2.05) is 0 Å². The molecule has 0 bridgehead atoms. The van der Waals surface area contributed by atoms with Gasteiger partial charge in [-0.1, -0.05) is 0 Å². The molecule has 4 nitrogen and oxygen atoms in total. The minimum absolute atomic E-state index is 0.164. The van der Waals surface area contributed by atoms with Crippen molar-refractivity contribution in [1.82, 2.24) is 4.98 Å². The number of rotatable bonds is 1. The molecule has 2 N–H and O–H groups in total. The summed E-state index contributed by atoms with van der Waals surface area (Å²) in [5, 5.41) is -0.311. The highest BCUT2D eigenvalue weighted by Crippen LogP contribution is 2.11. The Balaban J connectivity index is 3.33. The van der Waals surface area contributed by atoms with Crippen LogP contribution in [0.1, 0.15) is 0 Å². The molecular weight excluding hydrogens is 183 g/mol. The second-order valence-corrected chi connectivity index (χ2v) is 4.26. The Morgan fingerprint density at radius 3 is 2.50 bits per heavy atom. The van der Waals surface area contributed by atoms with Gasteiger partial charge in [0, 0.05) is 6.26 Å². The molecule has 0 saturated heterocycles. The predicted molar refractivity (Wildman–Crippen MR) is 41.7 cm³/mol. The molecule has 0 aliphatic heterocycles. The van der Waals surface area contributed by atoms with Gasteiger partial charge in [0.25, 0.3) is 0 Å². The average Bonchev–Trinajstić information content (AvgIpc) is 1.92. The number of hydrogen-bond donors (Lipinski definition) is 1. The van der Waals surface area contributed by atoms with Gasteiger partial charge in [0.2, 0.25) is 5.95 Å². The maximum atomic E-state index is 12.6. The Morgan fingerprint density at radius 2 is 2.08 bits per heavy atom. The van der Waals surface area contributed by atoms with Gasteiger partial charge in [0.15, 0.2) is 14.9 Å². The van der Waals surface area contributed by atoms with E-state index < -0.39 is 15.8 Å². The van der Waals surface area contributed by atoms with Crippen LogP contribution < -0.4 is 5.73 Å². The number of hydrogen-bond acceptors (Lipinski definition) is 4. The first-order valence-electron chi connectivity index (χ1n) is 3.03. The molecule has 0 aliphatic carbocycles. The highest BCUT2D eigenvalue weighted by Gasteiger charge is 2.10. The second-order valence-electron chi connectivity index (χ2n) is 2.30. The molecule has 0 fully saturated rings. The standard InChI is InChI=1S/C6H7FN2O2S/c1-12(10,11)5-3-2-4(8)6(7)9-5/h2-3H,8H2,1H3. The van der Waals surface area contributed by atoms with Gasteiger partial charge in [-0.2, -0.15) is 4.39 Å². The molecule has 0 atom stereocenters. The number of aromatic nitrogens is 1. The van der Waals surface area contributed by atoms with E-state index in [0.717, 1.165) is 12.3 Å². The maximum Gasteiger partial charge on any atom is 0.237 e. The Hall–Kier alpha value is -1.17. The molecule has 0 radical (unpaired) electrons. The van der Waals surface area contributed by atoms with Crippen molar-refractivity contribution in [3.8, 4) is 0 Å². The minimum atomic E-state index is -3.45. The van der Waals surface area contributed by atoms with E-state index in [4.69, 9.17) is 5.73 Å². The number of pyridine rings is 1. The second kappa shape index (κ2) is 2.71. The zero-order chi connectivity index (χ0) is 9.35. The van der Waals surface area contributed by atoms with Crippen LogP contribution in [0.25, 0.3) is 0 Å². The fourth-order valence-corrected chi connectivity index (χ4v) is 1.20. The zero-order valence-electron chi connectivity index (χ0n) is 6.28. The molecular formula is C6H7FN2O2S. The Labute approximate surface area is 69.1 Å². The van der Waals surface area contributed by atoms with Crippen LogP contribution in [-0.2, 0) is 9.84 Å². The lowest BCUT2D eigenvalue weighted by Gasteiger charge is -1.98. The highest BCUT2D eigenvalue weighted by molar-refractivity contribution is 7.90. The van der Waals surface area contributed by atoms with Crippen molar-refractivity contribution in [2.75, 3.05) is 12.0 Å². The summed E-state index contributed by atoms with van der Waals surface area (Å²) >= 11 is 0. The summed E-state index contributed by atoms with van der Waals surface area (Å²) in [6.45, 7) is 0. The summed E-state index contributed by atoms with van der Waals surface area (Å²) in [5.74, 6) is -0.960. The number of halogens is 1.